The minimum atomic E-state index is -4.42. The van der Waals surface area contributed by atoms with E-state index in [4.69, 9.17) is 15.2 Å². The fraction of sp³-hybridized carbons (Fsp3) is 0.125. The summed E-state index contributed by atoms with van der Waals surface area (Å²) in [7, 11) is -3.10. The second-order valence-electron chi connectivity index (χ2n) is 7.92. The molecule has 13 heteroatoms. The molecule has 10 nitrogen and oxygen atoms in total. The molecule has 0 atom stereocenters. The number of pyridine rings is 1. The predicted octanol–water partition coefficient (Wildman–Crippen LogP) is 3.74. The smallest absolute Gasteiger partial charge is 0.264 e. The summed E-state index contributed by atoms with van der Waals surface area (Å²) in [5.41, 5.74) is 7.66. The lowest BCUT2D eigenvalue weighted by molar-refractivity contribution is 0.313. The summed E-state index contributed by atoms with van der Waals surface area (Å²) in [6, 6.07) is 10.8. The lowest BCUT2D eigenvalue weighted by atomic mass is 10.0. The number of nitrogens with one attached hydrogen (secondary N) is 1. The molecule has 0 spiro atoms. The number of sulfonamides is 1. The van der Waals surface area contributed by atoms with Crippen molar-refractivity contribution < 1.29 is 26.7 Å². The Balaban J connectivity index is 1.53. The molecule has 0 fully saturated rings. The van der Waals surface area contributed by atoms with Crippen molar-refractivity contribution >= 4 is 33.2 Å². The van der Waals surface area contributed by atoms with Gasteiger partial charge in [-0.3, -0.25) is 4.72 Å². The van der Waals surface area contributed by atoms with E-state index >= 15 is 0 Å². The number of nitrogens with zero attached hydrogens (tertiary/aromatic N) is 4. The molecule has 0 amide bonds. The quantitative estimate of drug-likeness (QED) is 0.385. The van der Waals surface area contributed by atoms with E-state index in [0.29, 0.717) is 47.6 Å². The monoisotopic (exact) mass is 526 g/mol. The number of benzene rings is 2. The minimum absolute atomic E-state index is 0.0295. The SMILES string of the molecule is COc1ncc(-c2ccc3c(c2)N(c2ccnc(N)n2)CCO3)cc1NS(=O)(=O)c1ccc(F)cc1F. The topological polar surface area (TPSA) is 133 Å². The summed E-state index contributed by atoms with van der Waals surface area (Å²) in [6.07, 6.45) is 3.07. The van der Waals surface area contributed by atoms with Gasteiger partial charge in [0.05, 0.1) is 19.3 Å². The van der Waals surface area contributed by atoms with Gasteiger partial charge in [0.25, 0.3) is 10.0 Å². The molecule has 0 unspecified atom stereocenters. The van der Waals surface area contributed by atoms with Crippen LogP contribution in [0.3, 0.4) is 0 Å². The summed E-state index contributed by atoms with van der Waals surface area (Å²) in [5.74, 6) is -0.800. The molecule has 3 N–H and O–H groups in total. The van der Waals surface area contributed by atoms with Crippen LogP contribution in [0.1, 0.15) is 0 Å². The lowest BCUT2D eigenvalue weighted by Gasteiger charge is -2.30. The standard InChI is InChI=1S/C24H20F2N6O4S/c1-35-23-18(31-37(33,34)21-5-3-16(25)12-17(21)26)10-15(13-29-23)14-2-4-20-19(11-14)32(8-9-36-20)22-6-7-28-24(27)30-22/h2-7,10-13,31H,8-9H2,1H3,(H2,27,28,30). The Bertz CT molecular complexity index is 1600. The van der Waals surface area contributed by atoms with E-state index in [1.807, 2.05) is 11.0 Å². The molecular weight excluding hydrogens is 506 g/mol. The fourth-order valence-electron chi connectivity index (χ4n) is 3.89. The van der Waals surface area contributed by atoms with E-state index in [9.17, 15) is 17.2 Å². The van der Waals surface area contributed by atoms with Crippen LogP contribution in [0.2, 0.25) is 0 Å². The van der Waals surface area contributed by atoms with E-state index < -0.39 is 26.6 Å². The Morgan fingerprint density at radius 3 is 2.68 bits per heavy atom. The van der Waals surface area contributed by atoms with Crippen molar-refractivity contribution in [3.63, 3.8) is 0 Å². The van der Waals surface area contributed by atoms with Crippen molar-refractivity contribution in [2.24, 2.45) is 0 Å². The largest absolute Gasteiger partial charge is 0.490 e. The number of rotatable bonds is 6. The summed E-state index contributed by atoms with van der Waals surface area (Å²) in [4.78, 5) is 13.6. The molecule has 190 valence electrons. The van der Waals surface area contributed by atoms with E-state index in [1.54, 1.807) is 24.4 Å². The third-order valence-corrected chi connectivity index (χ3v) is 6.96. The van der Waals surface area contributed by atoms with Gasteiger partial charge in [-0.25, -0.2) is 27.2 Å². The Hall–Kier alpha value is -4.52. The van der Waals surface area contributed by atoms with Crippen LogP contribution in [0.15, 0.2) is 65.8 Å². The third-order valence-electron chi connectivity index (χ3n) is 5.56. The van der Waals surface area contributed by atoms with Crippen LogP contribution >= 0.6 is 0 Å². The highest BCUT2D eigenvalue weighted by molar-refractivity contribution is 7.92. The molecule has 37 heavy (non-hydrogen) atoms. The van der Waals surface area contributed by atoms with Crippen LogP contribution in [-0.2, 0) is 10.0 Å². The van der Waals surface area contributed by atoms with Gasteiger partial charge in [0, 0.05) is 24.0 Å². The van der Waals surface area contributed by atoms with Crippen molar-refractivity contribution in [1.29, 1.82) is 0 Å². The summed E-state index contributed by atoms with van der Waals surface area (Å²) in [6.45, 7) is 0.953. The van der Waals surface area contributed by atoms with Crippen LogP contribution in [0.5, 0.6) is 11.6 Å². The number of methoxy groups -OCH3 is 1. The van der Waals surface area contributed by atoms with Crippen molar-refractivity contribution in [2.75, 3.05) is 35.6 Å². The number of aromatic nitrogens is 3. The van der Waals surface area contributed by atoms with Gasteiger partial charge >= 0.3 is 0 Å². The van der Waals surface area contributed by atoms with Gasteiger partial charge < -0.3 is 20.1 Å². The zero-order chi connectivity index (χ0) is 26.2. The van der Waals surface area contributed by atoms with Crippen LogP contribution in [0.25, 0.3) is 11.1 Å². The lowest BCUT2D eigenvalue weighted by Crippen LogP contribution is -2.29. The first-order valence-electron chi connectivity index (χ1n) is 10.9. The Labute approximate surface area is 210 Å². The Morgan fingerprint density at radius 1 is 1.08 bits per heavy atom. The molecule has 2 aromatic carbocycles. The van der Waals surface area contributed by atoms with Crippen molar-refractivity contribution in [1.82, 2.24) is 15.0 Å². The molecular formula is C24H20F2N6O4S. The van der Waals surface area contributed by atoms with E-state index in [2.05, 4.69) is 19.7 Å². The molecule has 0 aliphatic carbocycles. The second-order valence-corrected chi connectivity index (χ2v) is 9.57. The van der Waals surface area contributed by atoms with Gasteiger partial charge in [-0.05, 0) is 42.0 Å². The number of nitrogens with two attached hydrogens (primary N) is 1. The molecule has 0 saturated carbocycles. The van der Waals surface area contributed by atoms with Crippen molar-refractivity contribution in [3.05, 3.63) is 72.6 Å². The molecule has 3 heterocycles. The van der Waals surface area contributed by atoms with Gasteiger partial charge in [0.1, 0.15) is 40.4 Å². The first kappa shape index (κ1) is 24.2. The normalized spacial score (nSPS) is 13.0. The van der Waals surface area contributed by atoms with Gasteiger partial charge in [0.2, 0.25) is 11.8 Å². The van der Waals surface area contributed by atoms with E-state index in [1.165, 1.54) is 19.4 Å². The molecule has 1 aliphatic rings. The number of ether oxygens (including phenoxy) is 2. The van der Waals surface area contributed by atoms with Crippen LogP contribution in [0, 0.1) is 11.6 Å². The first-order chi connectivity index (χ1) is 17.7. The van der Waals surface area contributed by atoms with E-state index in [0.717, 1.165) is 12.1 Å². The maximum atomic E-state index is 14.2. The van der Waals surface area contributed by atoms with Crippen molar-refractivity contribution in [3.8, 4) is 22.8 Å². The fourth-order valence-corrected chi connectivity index (χ4v) is 5.00. The zero-order valence-corrected chi connectivity index (χ0v) is 20.2. The zero-order valence-electron chi connectivity index (χ0n) is 19.4. The maximum Gasteiger partial charge on any atom is 0.264 e. The maximum absolute atomic E-state index is 14.2. The van der Waals surface area contributed by atoms with Gasteiger partial charge in [0.15, 0.2) is 0 Å². The highest BCUT2D eigenvalue weighted by Gasteiger charge is 2.24. The first-order valence-corrected chi connectivity index (χ1v) is 12.4. The molecule has 0 bridgehead atoms. The highest BCUT2D eigenvalue weighted by Crippen LogP contribution is 2.40. The van der Waals surface area contributed by atoms with E-state index in [-0.39, 0.29) is 17.5 Å². The Morgan fingerprint density at radius 2 is 1.92 bits per heavy atom. The number of anilines is 4. The highest BCUT2D eigenvalue weighted by atomic mass is 32.2. The average molecular weight is 527 g/mol. The average Bonchev–Trinajstić information content (AvgIpc) is 2.87. The van der Waals surface area contributed by atoms with Crippen LogP contribution in [-0.4, -0.2) is 43.6 Å². The number of fused-ring (bicyclic) bond motifs is 1. The Kier molecular flexibility index (Phi) is 6.21. The van der Waals surface area contributed by atoms with Gasteiger partial charge in [-0.1, -0.05) is 6.07 Å². The summed E-state index contributed by atoms with van der Waals surface area (Å²) in [5, 5.41) is 0. The van der Waals surface area contributed by atoms with Crippen LogP contribution < -0.4 is 24.8 Å². The van der Waals surface area contributed by atoms with Crippen molar-refractivity contribution in [2.45, 2.75) is 4.90 Å². The number of halogens is 2. The molecule has 1 aliphatic heterocycles. The molecule has 0 radical (unpaired) electrons. The van der Waals surface area contributed by atoms with Gasteiger partial charge in [-0.15, -0.1) is 0 Å². The second kappa shape index (κ2) is 9.50. The molecule has 0 saturated heterocycles. The molecule has 4 aromatic rings. The molecule has 5 rings (SSSR count). The summed E-state index contributed by atoms with van der Waals surface area (Å²) < 4.78 is 66.5. The number of nitrogen functional groups attached to an aromatic ring is 1. The van der Waals surface area contributed by atoms with Crippen LogP contribution in [0.4, 0.5) is 31.9 Å². The number of hydrogen-bond donors (Lipinski definition) is 2. The molecule has 2 aromatic heterocycles. The predicted molar refractivity (Wildman–Crippen MR) is 132 cm³/mol. The summed E-state index contributed by atoms with van der Waals surface area (Å²) >= 11 is 0. The number of hydrogen-bond acceptors (Lipinski definition) is 9. The minimum Gasteiger partial charge on any atom is -0.490 e. The third kappa shape index (κ3) is 4.80. The van der Waals surface area contributed by atoms with Gasteiger partial charge in [-0.2, -0.15) is 4.98 Å².